The van der Waals surface area contributed by atoms with Gasteiger partial charge in [-0.25, -0.2) is 9.69 Å². The lowest BCUT2D eigenvalue weighted by atomic mass is 10.1. The van der Waals surface area contributed by atoms with Crippen molar-refractivity contribution in [1.82, 2.24) is 4.90 Å². The number of para-hydroxylation sites is 1. The first kappa shape index (κ1) is 14.0. The number of nitrogens with two attached hydrogens (primary N) is 1. The largest absolute Gasteiger partial charge is 0.465 e. The normalized spacial score (nSPS) is 15.2. The Morgan fingerprint density at radius 3 is 2.60 bits per heavy atom. The Hall–Kier alpha value is -2.41. The van der Waals surface area contributed by atoms with Crippen LogP contribution >= 0.6 is 12.2 Å². The van der Waals surface area contributed by atoms with E-state index in [2.05, 4.69) is 5.32 Å². The zero-order chi connectivity index (χ0) is 14.7. The fourth-order valence-corrected chi connectivity index (χ4v) is 2.21. The van der Waals surface area contributed by atoms with Crippen molar-refractivity contribution in [2.45, 2.75) is 6.42 Å². The molecule has 0 saturated heterocycles. The molecule has 0 aromatic heterocycles. The molecule has 104 valence electrons. The minimum atomic E-state index is -1.30. The van der Waals surface area contributed by atoms with E-state index in [1.54, 1.807) is 12.1 Å². The van der Waals surface area contributed by atoms with Crippen LogP contribution in [0.25, 0.3) is 0 Å². The number of nitrogens with one attached hydrogen (secondary N) is 1. The SMILES string of the molecule is NC1=C(C(=S)Nc2ccccc2)C(=O)N(C(=O)O)CC1. The van der Waals surface area contributed by atoms with E-state index in [-0.39, 0.29) is 23.5 Å². The standard InChI is InChI=1S/C13H13N3O3S/c14-9-6-7-16(13(18)19)12(17)10(9)11(20)15-8-4-2-1-3-5-8/h1-5H,6-7,14H2,(H,15,20)(H,18,19). The molecule has 0 bridgehead atoms. The third-order valence-electron chi connectivity index (χ3n) is 2.87. The van der Waals surface area contributed by atoms with Gasteiger partial charge >= 0.3 is 6.09 Å². The van der Waals surface area contributed by atoms with Crippen molar-refractivity contribution in [3.05, 3.63) is 41.6 Å². The first-order chi connectivity index (χ1) is 9.50. The highest BCUT2D eigenvalue weighted by Crippen LogP contribution is 2.19. The highest BCUT2D eigenvalue weighted by atomic mass is 32.1. The molecule has 1 heterocycles. The first-order valence-corrected chi connectivity index (χ1v) is 6.31. The van der Waals surface area contributed by atoms with E-state index >= 15 is 0 Å². The second-order valence-electron chi connectivity index (χ2n) is 4.21. The van der Waals surface area contributed by atoms with Crippen LogP contribution < -0.4 is 11.1 Å². The maximum Gasteiger partial charge on any atom is 0.414 e. The molecule has 2 amide bonds. The number of carbonyl (C=O) groups excluding carboxylic acids is 1. The third-order valence-corrected chi connectivity index (χ3v) is 3.18. The van der Waals surface area contributed by atoms with Crippen LogP contribution in [0.2, 0.25) is 0 Å². The number of hydrogen-bond donors (Lipinski definition) is 3. The van der Waals surface area contributed by atoms with Gasteiger partial charge < -0.3 is 16.2 Å². The smallest absolute Gasteiger partial charge is 0.414 e. The van der Waals surface area contributed by atoms with Gasteiger partial charge in [-0.2, -0.15) is 0 Å². The lowest BCUT2D eigenvalue weighted by molar-refractivity contribution is -0.125. The second-order valence-corrected chi connectivity index (χ2v) is 4.62. The highest BCUT2D eigenvalue weighted by molar-refractivity contribution is 7.81. The summed E-state index contributed by atoms with van der Waals surface area (Å²) >= 11 is 5.16. The van der Waals surface area contributed by atoms with E-state index in [1.165, 1.54) is 0 Å². The number of amides is 2. The lowest BCUT2D eigenvalue weighted by Gasteiger charge is -2.25. The molecular weight excluding hydrogens is 278 g/mol. The molecule has 20 heavy (non-hydrogen) atoms. The van der Waals surface area contributed by atoms with Crippen molar-refractivity contribution in [2.24, 2.45) is 5.73 Å². The molecule has 1 aromatic rings. The monoisotopic (exact) mass is 291 g/mol. The average molecular weight is 291 g/mol. The van der Waals surface area contributed by atoms with Crippen LogP contribution in [0.15, 0.2) is 41.6 Å². The summed E-state index contributed by atoms with van der Waals surface area (Å²) in [4.78, 5) is 23.9. The Bertz CT molecular complexity index is 598. The van der Waals surface area contributed by atoms with Crippen LogP contribution in [0.5, 0.6) is 0 Å². The fraction of sp³-hybridized carbons (Fsp3) is 0.154. The van der Waals surface area contributed by atoms with Gasteiger partial charge in [0, 0.05) is 24.4 Å². The molecule has 1 aromatic carbocycles. The third kappa shape index (κ3) is 2.77. The van der Waals surface area contributed by atoms with Crippen molar-refractivity contribution in [3.8, 4) is 0 Å². The second kappa shape index (κ2) is 5.70. The summed E-state index contributed by atoms with van der Waals surface area (Å²) in [6.45, 7) is 0.0530. The molecule has 0 radical (unpaired) electrons. The van der Waals surface area contributed by atoms with Crippen LogP contribution in [-0.4, -0.2) is 33.5 Å². The predicted molar refractivity (Wildman–Crippen MR) is 78.2 cm³/mol. The van der Waals surface area contributed by atoms with Crippen LogP contribution in [-0.2, 0) is 4.79 Å². The highest BCUT2D eigenvalue weighted by Gasteiger charge is 2.32. The number of carbonyl (C=O) groups is 2. The number of rotatable bonds is 2. The minimum absolute atomic E-state index is 0.0530. The van der Waals surface area contributed by atoms with Gasteiger partial charge in [-0.1, -0.05) is 30.4 Å². The molecule has 0 aliphatic carbocycles. The van der Waals surface area contributed by atoms with Crippen LogP contribution in [0.3, 0.4) is 0 Å². The van der Waals surface area contributed by atoms with E-state index in [1.807, 2.05) is 18.2 Å². The zero-order valence-corrected chi connectivity index (χ0v) is 11.3. The molecule has 2 rings (SSSR count). The van der Waals surface area contributed by atoms with Gasteiger partial charge in [-0.15, -0.1) is 0 Å². The lowest BCUT2D eigenvalue weighted by Crippen LogP contribution is -2.44. The van der Waals surface area contributed by atoms with Crippen LogP contribution in [0.4, 0.5) is 10.5 Å². The average Bonchev–Trinajstić information content (AvgIpc) is 2.39. The van der Waals surface area contributed by atoms with Crippen LogP contribution in [0, 0.1) is 0 Å². The summed E-state index contributed by atoms with van der Waals surface area (Å²) in [6, 6.07) is 9.04. The predicted octanol–water partition coefficient (Wildman–Crippen LogP) is 1.55. The maximum atomic E-state index is 12.1. The maximum absolute atomic E-state index is 12.1. The van der Waals surface area contributed by atoms with E-state index in [0.717, 1.165) is 0 Å². The van der Waals surface area contributed by atoms with Gasteiger partial charge in [0.25, 0.3) is 5.91 Å². The molecule has 0 fully saturated rings. The number of anilines is 1. The summed E-state index contributed by atoms with van der Waals surface area (Å²) in [6.07, 6.45) is -1.02. The van der Waals surface area contributed by atoms with Crippen molar-refractivity contribution >= 4 is 34.9 Å². The zero-order valence-electron chi connectivity index (χ0n) is 10.5. The summed E-state index contributed by atoms with van der Waals surface area (Å²) in [5.74, 6) is -0.685. The van der Waals surface area contributed by atoms with Gasteiger partial charge in [-0.05, 0) is 12.1 Å². The first-order valence-electron chi connectivity index (χ1n) is 5.90. The molecule has 1 aliphatic rings. The fourth-order valence-electron chi connectivity index (χ4n) is 1.87. The summed E-state index contributed by atoms with van der Waals surface area (Å²) in [7, 11) is 0. The number of carboxylic acid groups (broad SMARTS) is 1. The number of imide groups is 1. The Morgan fingerprint density at radius 2 is 2.00 bits per heavy atom. The van der Waals surface area contributed by atoms with Crippen molar-refractivity contribution in [3.63, 3.8) is 0 Å². The molecule has 0 unspecified atom stereocenters. The van der Waals surface area contributed by atoms with Gasteiger partial charge in [0.15, 0.2) is 0 Å². The van der Waals surface area contributed by atoms with Crippen LogP contribution in [0.1, 0.15) is 6.42 Å². The van der Waals surface area contributed by atoms with E-state index in [0.29, 0.717) is 16.3 Å². The summed E-state index contributed by atoms with van der Waals surface area (Å²) in [5.41, 5.74) is 6.86. The number of benzene rings is 1. The Labute approximate surface area is 120 Å². The molecule has 4 N–H and O–H groups in total. The molecule has 6 nitrogen and oxygen atoms in total. The quantitative estimate of drug-likeness (QED) is 0.715. The topological polar surface area (TPSA) is 95.7 Å². The van der Waals surface area contributed by atoms with Crippen molar-refractivity contribution in [1.29, 1.82) is 0 Å². The van der Waals surface area contributed by atoms with E-state index in [4.69, 9.17) is 23.1 Å². The van der Waals surface area contributed by atoms with Gasteiger partial charge in [0.2, 0.25) is 0 Å². The molecule has 0 spiro atoms. The molecular formula is C13H13N3O3S. The molecule has 0 saturated carbocycles. The minimum Gasteiger partial charge on any atom is -0.465 e. The number of hydrogen-bond acceptors (Lipinski definition) is 4. The number of thiocarbonyl (C=S) groups is 1. The van der Waals surface area contributed by atoms with E-state index in [9.17, 15) is 9.59 Å². The molecule has 1 aliphatic heterocycles. The Kier molecular flexibility index (Phi) is 3.99. The summed E-state index contributed by atoms with van der Waals surface area (Å²) < 4.78 is 0. The van der Waals surface area contributed by atoms with Gasteiger partial charge in [0.05, 0.1) is 5.57 Å². The Morgan fingerprint density at radius 1 is 1.35 bits per heavy atom. The van der Waals surface area contributed by atoms with Crippen molar-refractivity contribution < 1.29 is 14.7 Å². The molecule has 7 heteroatoms. The molecule has 0 atom stereocenters. The van der Waals surface area contributed by atoms with Gasteiger partial charge in [0.1, 0.15) is 4.99 Å². The van der Waals surface area contributed by atoms with E-state index < -0.39 is 12.0 Å². The Balaban J connectivity index is 2.23. The van der Waals surface area contributed by atoms with Crippen molar-refractivity contribution in [2.75, 3.05) is 11.9 Å². The number of nitrogens with zero attached hydrogens (tertiary/aromatic N) is 1. The van der Waals surface area contributed by atoms with Gasteiger partial charge in [-0.3, -0.25) is 4.79 Å². The summed E-state index contributed by atoms with van der Waals surface area (Å²) in [5, 5.41) is 11.8.